The molecule has 62 heavy (non-hydrogen) atoms. The summed E-state index contributed by atoms with van der Waals surface area (Å²) in [6, 6.07) is 14.1. The van der Waals surface area contributed by atoms with E-state index in [1.165, 1.54) is 69.1 Å². The number of aromatic nitrogens is 3. The number of carbonyl (C=O) groups is 3. The number of alkyl halides is 1. The molecule has 6 aliphatic heterocycles. The zero-order valence-corrected chi connectivity index (χ0v) is 36.5. The van der Waals surface area contributed by atoms with Crippen LogP contribution in [0.3, 0.4) is 0 Å². The number of likely N-dealkylation sites (tertiary alicyclic amines) is 1. The van der Waals surface area contributed by atoms with Crippen molar-refractivity contribution >= 4 is 40.3 Å². The summed E-state index contributed by atoms with van der Waals surface area (Å²) in [5.41, 5.74) is 6.94. The number of anilines is 2. The van der Waals surface area contributed by atoms with Crippen molar-refractivity contribution in [2.24, 2.45) is 16.7 Å². The average Bonchev–Trinajstić information content (AvgIpc) is 3.76. The number of imide groups is 1. The van der Waals surface area contributed by atoms with E-state index in [2.05, 4.69) is 73.2 Å². The molecule has 13 heteroatoms. The topological polar surface area (TPSA) is 121 Å². The van der Waals surface area contributed by atoms with Crippen LogP contribution in [0.2, 0.25) is 0 Å². The van der Waals surface area contributed by atoms with Crippen molar-refractivity contribution in [1.29, 1.82) is 0 Å². The molecule has 0 radical (unpaired) electrons. The largest absolute Gasteiger partial charge is 0.371 e. The van der Waals surface area contributed by atoms with Gasteiger partial charge in [-0.25, -0.2) is 14.4 Å². The molecular formula is C49H60FN9O3. The Morgan fingerprint density at radius 3 is 2.34 bits per heavy atom. The van der Waals surface area contributed by atoms with E-state index in [4.69, 9.17) is 9.97 Å². The summed E-state index contributed by atoms with van der Waals surface area (Å²) in [5, 5.41) is 3.65. The Labute approximate surface area is 363 Å². The number of hydrogen-bond acceptors (Lipinski definition) is 9. The number of fused-ring (bicyclic) bond motifs is 4. The smallest absolute Gasteiger partial charge is 0.255 e. The van der Waals surface area contributed by atoms with Gasteiger partial charge in [-0.15, -0.1) is 0 Å². The van der Waals surface area contributed by atoms with Crippen LogP contribution < -0.4 is 15.1 Å². The molecule has 2 aromatic carbocycles. The van der Waals surface area contributed by atoms with E-state index in [0.717, 1.165) is 72.5 Å². The number of halogens is 1. The zero-order valence-electron chi connectivity index (χ0n) is 36.5. The number of aromatic amines is 1. The van der Waals surface area contributed by atoms with Crippen LogP contribution in [0.25, 0.3) is 10.9 Å². The van der Waals surface area contributed by atoms with Crippen LogP contribution in [-0.2, 0) is 22.6 Å². The quantitative estimate of drug-likeness (QED) is 0.194. The van der Waals surface area contributed by atoms with Crippen LogP contribution in [0, 0.1) is 16.7 Å². The fraction of sp³-hybridized carbons (Fsp3) is 0.571. The number of rotatable bonds is 8. The van der Waals surface area contributed by atoms with Crippen LogP contribution in [0.4, 0.5) is 16.0 Å². The van der Waals surface area contributed by atoms with Gasteiger partial charge in [0.2, 0.25) is 17.8 Å². The van der Waals surface area contributed by atoms with Gasteiger partial charge in [-0.1, -0.05) is 18.2 Å². The Hall–Kier alpha value is -4.88. The zero-order chi connectivity index (χ0) is 42.5. The Bertz CT molecular complexity index is 2390. The summed E-state index contributed by atoms with van der Waals surface area (Å²) in [6.07, 6.45) is 12.9. The van der Waals surface area contributed by atoms with Crippen molar-refractivity contribution in [2.75, 3.05) is 62.2 Å². The molecule has 1 aliphatic carbocycles. The summed E-state index contributed by atoms with van der Waals surface area (Å²) < 4.78 is 15.2. The standard InChI is InChI=1S/C49H60FN9O3/c1-31-20-38-37-6-4-5-7-39(37)53-42(38)43(59(31)28-47(2,3)50)34-24-51-46(52-25-34)57-18-12-48(13-19-57)22-32(23-48)26-55-29-49(30-55)14-16-56(17-15-49)35-8-9-36-33(21-35)27-58(45(36)62)40-10-11-41(60)54-44(40)61/h4-9,21,24-25,31-32,40,43,53H,10-20,22-23,26-30H2,1-3H3,(H,54,60,61). The lowest BCUT2D eigenvalue weighted by Crippen LogP contribution is -2.62. The van der Waals surface area contributed by atoms with Gasteiger partial charge in [-0.05, 0) is 124 Å². The van der Waals surface area contributed by atoms with Gasteiger partial charge in [0, 0.05) is 117 Å². The van der Waals surface area contributed by atoms with Crippen LogP contribution in [-0.4, -0.2) is 117 Å². The first-order chi connectivity index (χ1) is 29.8. The van der Waals surface area contributed by atoms with Gasteiger partial charge in [0.05, 0.1) is 6.04 Å². The van der Waals surface area contributed by atoms with Crippen molar-refractivity contribution in [1.82, 2.24) is 35.0 Å². The van der Waals surface area contributed by atoms with E-state index in [-0.39, 0.29) is 36.2 Å². The summed E-state index contributed by atoms with van der Waals surface area (Å²) in [6.45, 7) is 14.0. The second-order valence-electron chi connectivity index (χ2n) is 20.9. The third-order valence-electron chi connectivity index (χ3n) is 15.9. The second-order valence-corrected chi connectivity index (χ2v) is 20.9. The minimum atomic E-state index is -1.33. The number of amides is 3. The highest BCUT2D eigenvalue weighted by atomic mass is 19.1. The summed E-state index contributed by atoms with van der Waals surface area (Å²) >= 11 is 0. The lowest BCUT2D eigenvalue weighted by molar-refractivity contribution is -0.136. The lowest BCUT2D eigenvalue weighted by Gasteiger charge is -2.58. The number of hydrogen-bond donors (Lipinski definition) is 2. The number of carbonyl (C=O) groups excluding carboxylic acids is 3. The molecular weight excluding hydrogens is 782 g/mol. The molecule has 2 N–H and O–H groups in total. The summed E-state index contributed by atoms with van der Waals surface area (Å²) in [5.74, 6) is 0.843. The van der Waals surface area contributed by atoms with Crippen LogP contribution >= 0.6 is 0 Å². The number of para-hydroxylation sites is 1. The maximum absolute atomic E-state index is 15.2. The monoisotopic (exact) mass is 841 g/mol. The Kier molecular flexibility index (Phi) is 9.57. The predicted octanol–water partition coefficient (Wildman–Crippen LogP) is 6.40. The molecule has 2 spiro atoms. The van der Waals surface area contributed by atoms with Gasteiger partial charge in [-0.3, -0.25) is 24.6 Å². The van der Waals surface area contributed by atoms with Crippen LogP contribution in [0.15, 0.2) is 54.9 Å². The van der Waals surface area contributed by atoms with E-state index in [9.17, 15) is 14.4 Å². The molecule has 2 aromatic heterocycles. The molecule has 12 nitrogen and oxygen atoms in total. The normalized spacial score (nSPS) is 26.5. The summed E-state index contributed by atoms with van der Waals surface area (Å²) in [7, 11) is 0. The number of nitrogens with one attached hydrogen (secondary N) is 2. The van der Waals surface area contributed by atoms with E-state index in [0.29, 0.717) is 35.9 Å². The van der Waals surface area contributed by atoms with Crippen molar-refractivity contribution in [2.45, 2.75) is 109 Å². The molecule has 0 bridgehead atoms. The third-order valence-corrected chi connectivity index (χ3v) is 15.9. The molecule has 7 aliphatic rings. The van der Waals surface area contributed by atoms with Crippen molar-refractivity contribution in [3.05, 3.63) is 82.8 Å². The average molecular weight is 842 g/mol. The van der Waals surface area contributed by atoms with E-state index >= 15 is 4.39 Å². The SMILES string of the molecule is CC1Cc2c([nH]c3ccccc23)C(c2cnc(N3CCC4(CC3)CC(CN3CC5(CCN(c6ccc7c(c6)CN(C6CCC(=O)NC6=O)C7=O)CC5)C3)C4)nc2)N1CC(C)(C)F. The first-order valence-electron chi connectivity index (χ1n) is 23.2. The Morgan fingerprint density at radius 1 is 0.903 bits per heavy atom. The molecule has 11 rings (SSSR count). The van der Waals surface area contributed by atoms with Gasteiger partial charge >= 0.3 is 0 Å². The molecule has 1 saturated carbocycles. The molecule has 4 saturated heterocycles. The van der Waals surface area contributed by atoms with Gasteiger partial charge < -0.3 is 24.6 Å². The second kappa shape index (κ2) is 14.9. The van der Waals surface area contributed by atoms with Crippen molar-refractivity contribution < 1.29 is 18.8 Å². The highest BCUT2D eigenvalue weighted by Gasteiger charge is 2.50. The Morgan fingerprint density at radius 2 is 1.61 bits per heavy atom. The van der Waals surface area contributed by atoms with Crippen LogP contribution in [0.1, 0.15) is 111 Å². The molecule has 326 valence electrons. The molecule has 4 aromatic rings. The minimum absolute atomic E-state index is 0.115. The molecule has 8 heterocycles. The number of piperidine rings is 3. The minimum Gasteiger partial charge on any atom is -0.371 e. The van der Waals surface area contributed by atoms with Gasteiger partial charge in [0.1, 0.15) is 11.7 Å². The highest BCUT2D eigenvalue weighted by molar-refractivity contribution is 6.05. The molecule has 3 unspecified atom stereocenters. The fourth-order valence-corrected chi connectivity index (χ4v) is 12.8. The third kappa shape index (κ3) is 7.07. The fourth-order valence-electron chi connectivity index (χ4n) is 12.8. The number of benzene rings is 2. The first-order valence-corrected chi connectivity index (χ1v) is 23.2. The summed E-state index contributed by atoms with van der Waals surface area (Å²) in [4.78, 5) is 62.5. The van der Waals surface area contributed by atoms with Crippen molar-refractivity contribution in [3.63, 3.8) is 0 Å². The van der Waals surface area contributed by atoms with Crippen LogP contribution in [0.5, 0.6) is 0 Å². The number of H-pyrrole nitrogens is 1. The van der Waals surface area contributed by atoms with Gasteiger partial charge in [0.25, 0.3) is 5.91 Å². The molecule has 3 amide bonds. The molecule has 5 fully saturated rings. The van der Waals surface area contributed by atoms with Gasteiger partial charge in [-0.2, -0.15) is 0 Å². The first kappa shape index (κ1) is 39.9. The maximum atomic E-state index is 15.2. The van der Waals surface area contributed by atoms with E-state index < -0.39 is 11.7 Å². The molecule has 3 atom stereocenters. The number of nitrogens with zero attached hydrogens (tertiary/aromatic N) is 7. The highest BCUT2D eigenvalue weighted by Crippen LogP contribution is 2.54. The van der Waals surface area contributed by atoms with Crippen molar-refractivity contribution in [3.8, 4) is 0 Å². The van der Waals surface area contributed by atoms with E-state index in [1.807, 2.05) is 18.5 Å². The maximum Gasteiger partial charge on any atom is 0.255 e. The lowest BCUT2D eigenvalue weighted by atomic mass is 9.57. The predicted molar refractivity (Wildman–Crippen MR) is 237 cm³/mol. The van der Waals surface area contributed by atoms with Gasteiger partial charge in [0.15, 0.2) is 0 Å². The Balaban J connectivity index is 0.651. The van der Waals surface area contributed by atoms with E-state index in [1.54, 1.807) is 18.7 Å².